The number of aryl methyl sites for hydroxylation is 1. The van der Waals surface area contributed by atoms with Gasteiger partial charge in [-0.15, -0.1) is 5.10 Å². The number of carbonyl (C=O) groups is 1. The molecule has 7 nitrogen and oxygen atoms in total. The van der Waals surface area contributed by atoms with Crippen molar-refractivity contribution in [3.63, 3.8) is 0 Å². The topological polar surface area (TPSA) is 102 Å². The van der Waals surface area contributed by atoms with E-state index in [9.17, 15) is 18.3 Å². The van der Waals surface area contributed by atoms with Crippen molar-refractivity contribution in [2.24, 2.45) is 0 Å². The van der Waals surface area contributed by atoms with Crippen molar-refractivity contribution in [3.8, 4) is 0 Å². The van der Waals surface area contributed by atoms with E-state index in [-0.39, 0.29) is 22.6 Å². The zero-order valence-electron chi connectivity index (χ0n) is 18.3. The highest BCUT2D eigenvalue weighted by Crippen LogP contribution is 2.42. The molecule has 0 saturated carbocycles. The van der Waals surface area contributed by atoms with E-state index in [2.05, 4.69) is 10.1 Å². The number of allylic oxidation sites excluding steroid dienone is 1. The van der Waals surface area contributed by atoms with E-state index < -0.39 is 21.4 Å². The average molecular weight is 472 g/mol. The molecule has 2 aromatic carbocycles. The first-order valence-corrected chi connectivity index (χ1v) is 12.1. The van der Waals surface area contributed by atoms with Gasteiger partial charge in [0, 0.05) is 18.2 Å². The minimum absolute atomic E-state index is 0.0399. The standard InChI is InChI=1S/C26H21N3O4S/c1-18-10-12-20(13-11-18)34(32,33)29-22-17-26(19-7-3-2-4-8-19,23-9-5-6-16-27-23)15-14-21(22)24(28-29)25(30)31/h2-16H,17H2,1H3,(H,30,31). The first kappa shape index (κ1) is 21.8. The normalized spacial score (nSPS) is 17.3. The van der Waals surface area contributed by atoms with Gasteiger partial charge >= 0.3 is 5.97 Å². The molecule has 5 rings (SSSR count). The number of aromatic carboxylic acids is 1. The second-order valence-electron chi connectivity index (χ2n) is 8.24. The van der Waals surface area contributed by atoms with E-state index in [1.165, 1.54) is 12.1 Å². The molecule has 2 aromatic heterocycles. The van der Waals surface area contributed by atoms with Crippen LogP contribution < -0.4 is 0 Å². The van der Waals surface area contributed by atoms with Gasteiger partial charge in [0.05, 0.1) is 21.7 Å². The molecular weight excluding hydrogens is 450 g/mol. The predicted molar refractivity (Wildman–Crippen MR) is 127 cm³/mol. The number of rotatable bonds is 5. The van der Waals surface area contributed by atoms with Gasteiger partial charge in [0.2, 0.25) is 0 Å². The summed E-state index contributed by atoms with van der Waals surface area (Å²) < 4.78 is 28.1. The molecule has 1 aliphatic carbocycles. The van der Waals surface area contributed by atoms with Crippen molar-refractivity contribution < 1.29 is 18.3 Å². The van der Waals surface area contributed by atoms with Crippen LogP contribution in [0.15, 0.2) is 90.0 Å². The van der Waals surface area contributed by atoms with E-state index in [0.717, 1.165) is 20.9 Å². The van der Waals surface area contributed by atoms with Crippen LogP contribution in [-0.2, 0) is 21.9 Å². The first-order chi connectivity index (χ1) is 16.3. The van der Waals surface area contributed by atoms with Crippen molar-refractivity contribution in [2.45, 2.75) is 23.7 Å². The molecule has 34 heavy (non-hydrogen) atoms. The number of carboxylic acids is 1. The Hall–Kier alpha value is -4.04. The Kier molecular flexibility index (Phi) is 5.17. The largest absolute Gasteiger partial charge is 0.476 e. The maximum atomic E-state index is 13.6. The SMILES string of the molecule is Cc1ccc(S(=O)(=O)n2nc(C(=O)O)c3c2CC(c2ccccc2)(c2ccccn2)C=C3)cc1. The van der Waals surface area contributed by atoms with E-state index in [1.54, 1.807) is 24.4 Å². The molecule has 1 N–H and O–H groups in total. The molecule has 0 radical (unpaired) electrons. The van der Waals surface area contributed by atoms with Crippen LogP contribution in [0, 0.1) is 6.92 Å². The van der Waals surface area contributed by atoms with Crippen LogP contribution in [0.3, 0.4) is 0 Å². The fourth-order valence-corrected chi connectivity index (χ4v) is 5.70. The summed E-state index contributed by atoms with van der Waals surface area (Å²) in [5.74, 6) is -1.29. The van der Waals surface area contributed by atoms with Crippen LogP contribution in [0.4, 0.5) is 0 Å². The van der Waals surface area contributed by atoms with Crippen LogP contribution in [-0.4, -0.2) is 33.7 Å². The minimum atomic E-state index is -4.14. The number of nitrogens with zero attached hydrogens (tertiary/aromatic N) is 3. The number of carboxylic acid groups (broad SMARTS) is 1. The fourth-order valence-electron chi connectivity index (χ4n) is 4.38. The van der Waals surface area contributed by atoms with Gasteiger partial charge in [0.1, 0.15) is 0 Å². The number of aromatic nitrogens is 3. The Morgan fingerprint density at radius 3 is 2.35 bits per heavy atom. The minimum Gasteiger partial charge on any atom is -0.476 e. The maximum Gasteiger partial charge on any atom is 0.357 e. The van der Waals surface area contributed by atoms with Gasteiger partial charge in [-0.1, -0.05) is 66.2 Å². The predicted octanol–water partition coefficient (Wildman–Crippen LogP) is 4.08. The maximum absolute atomic E-state index is 13.6. The highest BCUT2D eigenvalue weighted by atomic mass is 32.2. The summed E-state index contributed by atoms with van der Waals surface area (Å²) >= 11 is 0. The molecule has 0 fully saturated rings. The summed E-state index contributed by atoms with van der Waals surface area (Å²) in [6.07, 6.45) is 5.40. The summed E-state index contributed by atoms with van der Waals surface area (Å²) in [6.45, 7) is 1.86. The summed E-state index contributed by atoms with van der Waals surface area (Å²) in [6, 6.07) is 21.6. The number of benzene rings is 2. The van der Waals surface area contributed by atoms with Gasteiger partial charge in [-0.05, 0) is 36.8 Å². The number of pyridine rings is 1. The highest BCUT2D eigenvalue weighted by molar-refractivity contribution is 7.89. The highest BCUT2D eigenvalue weighted by Gasteiger charge is 2.41. The smallest absolute Gasteiger partial charge is 0.357 e. The lowest BCUT2D eigenvalue weighted by molar-refractivity contribution is 0.0690. The van der Waals surface area contributed by atoms with Crippen LogP contribution in [0.1, 0.15) is 38.6 Å². The Morgan fingerprint density at radius 1 is 1.00 bits per heavy atom. The van der Waals surface area contributed by atoms with Gasteiger partial charge in [-0.2, -0.15) is 12.5 Å². The van der Waals surface area contributed by atoms with Gasteiger partial charge in [0.25, 0.3) is 10.0 Å². The molecule has 1 aliphatic rings. The third-order valence-electron chi connectivity index (χ3n) is 6.13. The van der Waals surface area contributed by atoms with Gasteiger partial charge in [-0.3, -0.25) is 4.98 Å². The second kappa shape index (κ2) is 8.07. The zero-order chi connectivity index (χ0) is 23.9. The van der Waals surface area contributed by atoms with E-state index in [1.807, 2.05) is 61.5 Å². The van der Waals surface area contributed by atoms with Crippen LogP contribution in [0.5, 0.6) is 0 Å². The summed E-state index contributed by atoms with van der Waals surface area (Å²) in [4.78, 5) is 16.6. The average Bonchev–Trinajstić information content (AvgIpc) is 3.25. The third-order valence-corrected chi connectivity index (χ3v) is 7.75. The molecule has 0 spiro atoms. The molecule has 1 unspecified atom stereocenters. The molecule has 2 heterocycles. The summed E-state index contributed by atoms with van der Waals surface area (Å²) in [7, 11) is -4.14. The lowest BCUT2D eigenvalue weighted by Crippen LogP contribution is -2.33. The Bertz CT molecular complexity index is 1470. The van der Waals surface area contributed by atoms with Crippen LogP contribution >= 0.6 is 0 Å². The van der Waals surface area contributed by atoms with E-state index in [0.29, 0.717) is 5.69 Å². The number of hydrogen-bond donors (Lipinski definition) is 1. The van der Waals surface area contributed by atoms with Gasteiger partial charge < -0.3 is 5.11 Å². The number of fused-ring (bicyclic) bond motifs is 1. The van der Waals surface area contributed by atoms with Crippen molar-refractivity contribution in [1.82, 2.24) is 14.2 Å². The van der Waals surface area contributed by atoms with Crippen LogP contribution in [0.2, 0.25) is 0 Å². The van der Waals surface area contributed by atoms with E-state index >= 15 is 0 Å². The molecule has 0 saturated heterocycles. The fraction of sp³-hybridized carbons (Fsp3) is 0.115. The molecule has 0 amide bonds. The molecule has 8 heteroatoms. The lowest BCUT2D eigenvalue weighted by atomic mass is 9.70. The Labute approximate surface area is 197 Å². The quantitative estimate of drug-likeness (QED) is 0.471. The molecule has 170 valence electrons. The van der Waals surface area contributed by atoms with Crippen molar-refractivity contribution in [2.75, 3.05) is 0 Å². The van der Waals surface area contributed by atoms with Gasteiger partial charge in [0.15, 0.2) is 5.69 Å². The lowest BCUT2D eigenvalue weighted by Gasteiger charge is -2.33. The number of hydrogen-bond acceptors (Lipinski definition) is 5. The molecule has 1 atom stereocenters. The van der Waals surface area contributed by atoms with Crippen LogP contribution in [0.25, 0.3) is 6.08 Å². The molecule has 4 aromatic rings. The van der Waals surface area contributed by atoms with Crippen molar-refractivity contribution in [3.05, 3.63) is 119 Å². The Morgan fingerprint density at radius 2 is 1.71 bits per heavy atom. The monoisotopic (exact) mass is 471 g/mol. The third kappa shape index (κ3) is 3.43. The van der Waals surface area contributed by atoms with Gasteiger partial charge in [-0.25, -0.2) is 4.79 Å². The molecular formula is C26H21N3O4S. The Balaban J connectivity index is 1.76. The van der Waals surface area contributed by atoms with Crippen molar-refractivity contribution >= 4 is 22.1 Å². The second-order valence-corrected chi connectivity index (χ2v) is 10.0. The van der Waals surface area contributed by atoms with Crippen molar-refractivity contribution in [1.29, 1.82) is 0 Å². The van der Waals surface area contributed by atoms with E-state index in [4.69, 9.17) is 0 Å². The molecule has 0 bridgehead atoms. The summed E-state index contributed by atoms with van der Waals surface area (Å²) in [5.41, 5.74) is 2.03. The zero-order valence-corrected chi connectivity index (χ0v) is 19.1. The summed E-state index contributed by atoms with van der Waals surface area (Å²) in [5, 5.41) is 13.8. The molecule has 0 aliphatic heterocycles. The first-order valence-electron chi connectivity index (χ1n) is 10.7.